The minimum Gasteiger partial charge on any atom is -0.496 e. The van der Waals surface area contributed by atoms with Crippen LogP contribution < -0.4 is 10.1 Å². The number of rotatable bonds is 9. The first-order valence-corrected chi connectivity index (χ1v) is 11.6. The molecular weight excluding hydrogens is 416 g/mol. The number of ether oxygens (including phenoxy) is 1. The lowest BCUT2D eigenvalue weighted by atomic mass is 9.96. The van der Waals surface area contributed by atoms with Crippen molar-refractivity contribution in [2.24, 2.45) is 5.92 Å². The lowest BCUT2D eigenvalue weighted by Gasteiger charge is -2.30. The van der Waals surface area contributed by atoms with Crippen LogP contribution in [0, 0.1) is 12.8 Å². The molecule has 4 rings (SSSR count). The van der Waals surface area contributed by atoms with E-state index < -0.39 is 0 Å². The van der Waals surface area contributed by atoms with Gasteiger partial charge in [-0.2, -0.15) is 4.98 Å². The van der Waals surface area contributed by atoms with Gasteiger partial charge < -0.3 is 14.6 Å². The number of nitrogens with one attached hydrogen (secondary N) is 1. The van der Waals surface area contributed by atoms with Gasteiger partial charge in [-0.25, -0.2) is 0 Å². The third-order valence-corrected chi connectivity index (χ3v) is 6.29. The van der Waals surface area contributed by atoms with Crippen molar-refractivity contribution in [2.45, 2.75) is 39.2 Å². The van der Waals surface area contributed by atoms with Crippen molar-refractivity contribution in [2.75, 3.05) is 26.7 Å². The molecule has 0 saturated carbocycles. The molecule has 7 heteroatoms. The summed E-state index contributed by atoms with van der Waals surface area (Å²) < 4.78 is 10.9. The van der Waals surface area contributed by atoms with Crippen LogP contribution >= 0.6 is 0 Å². The molecule has 0 unspecified atom stereocenters. The molecule has 7 nitrogen and oxygen atoms in total. The van der Waals surface area contributed by atoms with Gasteiger partial charge in [0, 0.05) is 18.0 Å². The number of likely N-dealkylation sites (tertiary alicyclic amines) is 1. The van der Waals surface area contributed by atoms with E-state index in [1.807, 2.05) is 49.4 Å². The Morgan fingerprint density at radius 2 is 1.91 bits per heavy atom. The molecule has 0 radical (unpaired) electrons. The van der Waals surface area contributed by atoms with Crippen LogP contribution in [0.2, 0.25) is 0 Å². The fourth-order valence-corrected chi connectivity index (χ4v) is 4.34. The van der Waals surface area contributed by atoms with Gasteiger partial charge in [-0.15, -0.1) is 0 Å². The van der Waals surface area contributed by atoms with E-state index in [2.05, 4.69) is 26.4 Å². The number of hydrogen-bond acceptors (Lipinski definition) is 6. The number of piperidine rings is 1. The normalized spacial score (nSPS) is 14.8. The van der Waals surface area contributed by atoms with Crippen molar-refractivity contribution in [3.8, 4) is 17.1 Å². The predicted octanol–water partition coefficient (Wildman–Crippen LogP) is 4.01. The highest BCUT2D eigenvalue weighted by atomic mass is 16.5. The second-order valence-electron chi connectivity index (χ2n) is 8.58. The van der Waals surface area contributed by atoms with Crippen LogP contribution in [0.15, 0.2) is 53.1 Å². The second-order valence-corrected chi connectivity index (χ2v) is 8.58. The van der Waals surface area contributed by atoms with Gasteiger partial charge in [0.15, 0.2) is 0 Å². The summed E-state index contributed by atoms with van der Waals surface area (Å²) >= 11 is 0. The average molecular weight is 449 g/mol. The number of carbonyl (C=O) groups excluding carboxylic acids is 1. The number of methoxy groups -OCH3 is 1. The van der Waals surface area contributed by atoms with Crippen molar-refractivity contribution < 1.29 is 14.1 Å². The van der Waals surface area contributed by atoms with Crippen LogP contribution in [0.25, 0.3) is 11.4 Å². The predicted molar refractivity (Wildman–Crippen MR) is 127 cm³/mol. The molecule has 1 aliphatic heterocycles. The van der Waals surface area contributed by atoms with E-state index in [0.717, 1.165) is 55.6 Å². The lowest BCUT2D eigenvalue weighted by Crippen LogP contribution is -2.40. The molecule has 1 N–H and O–H groups in total. The summed E-state index contributed by atoms with van der Waals surface area (Å²) in [6.45, 7) is 5.04. The van der Waals surface area contributed by atoms with Crippen LogP contribution in [-0.4, -0.2) is 47.7 Å². The number of hydrogen-bond donors (Lipinski definition) is 1. The zero-order valence-corrected chi connectivity index (χ0v) is 19.4. The van der Waals surface area contributed by atoms with Gasteiger partial charge in [0.25, 0.3) is 0 Å². The van der Waals surface area contributed by atoms with E-state index in [9.17, 15) is 4.79 Å². The fourth-order valence-electron chi connectivity index (χ4n) is 4.34. The van der Waals surface area contributed by atoms with Gasteiger partial charge in [0.1, 0.15) is 5.75 Å². The summed E-state index contributed by atoms with van der Waals surface area (Å²) in [5.41, 5.74) is 3.29. The summed E-state index contributed by atoms with van der Waals surface area (Å²) in [4.78, 5) is 19.4. The summed E-state index contributed by atoms with van der Waals surface area (Å²) in [6, 6.07) is 16.1. The lowest BCUT2D eigenvalue weighted by molar-refractivity contribution is -0.126. The third kappa shape index (κ3) is 5.99. The van der Waals surface area contributed by atoms with Crippen molar-refractivity contribution in [3.63, 3.8) is 0 Å². The maximum atomic E-state index is 12.6. The number of amides is 1. The highest BCUT2D eigenvalue weighted by Crippen LogP contribution is 2.23. The average Bonchev–Trinajstić information content (AvgIpc) is 3.31. The van der Waals surface area contributed by atoms with Crippen molar-refractivity contribution in [1.82, 2.24) is 20.4 Å². The highest BCUT2D eigenvalue weighted by molar-refractivity contribution is 5.78. The Hall–Kier alpha value is -3.19. The first-order valence-electron chi connectivity index (χ1n) is 11.6. The smallest absolute Gasteiger partial charge is 0.241 e. The van der Waals surface area contributed by atoms with Crippen LogP contribution in [-0.2, 0) is 17.8 Å². The number of aromatic nitrogens is 2. The summed E-state index contributed by atoms with van der Waals surface area (Å²) in [6.07, 6.45) is 3.47. The summed E-state index contributed by atoms with van der Waals surface area (Å²) in [7, 11) is 1.69. The molecule has 1 fully saturated rings. The molecule has 1 saturated heterocycles. The van der Waals surface area contributed by atoms with Crippen LogP contribution in [0.1, 0.15) is 36.3 Å². The van der Waals surface area contributed by atoms with E-state index in [0.29, 0.717) is 24.8 Å². The Morgan fingerprint density at radius 3 is 2.70 bits per heavy atom. The van der Waals surface area contributed by atoms with E-state index in [1.165, 1.54) is 5.56 Å². The first-order chi connectivity index (χ1) is 16.1. The Labute approximate surface area is 195 Å². The van der Waals surface area contributed by atoms with Crippen molar-refractivity contribution >= 4 is 5.91 Å². The number of nitrogens with zero attached hydrogens (tertiary/aromatic N) is 3. The molecule has 0 spiro atoms. The molecule has 0 atom stereocenters. The second kappa shape index (κ2) is 11.1. The van der Waals surface area contributed by atoms with E-state index in [1.54, 1.807) is 7.11 Å². The molecule has 0 aliphatic carbocycles. The molecule has 0 bridgehead atoms. The molecule has 3 aromatic rings. The number of carbonyl (C=O) groups is 1. The van der Waals surface area contributed by atoms with Gasteiger partial charge in [-0.1, -0.05) is 47.6 Å². The highest BCUT2D eigenvalue weighted by Gasteiger charge is 2.26. The Kier molecular flexibility index (Phi) is 7.73. The molecule has 33 heavy (non-hydrogen) atoms. The quantitative estimate of drug-likeness (QED) is 0.498. The van der Waals surface area contributed by atoms with Crippen LogP contribution in [0.4, 0.5) is 0 Å². The standard InChI is InChI=1S/C26H32N4O3/c1-19-8-3-5-11-22(19)25-28-24(33-29-25)18-30-16-13-21(14-17-30)26(31)27-15-7-10-20-9-4-6-12-23(20)32-2/h3-6,8-9,11-12,21H,7,10,13-18H2,1-2H3,(H,27,31). The van der Waals surface area contributed by atoms with Gasteiger partial charge in [-0.05, 0) is 62.9 Å². The topological polar surface area (TPSA) is 80.5 Å². The molecule has 1 aliphatic rings. The van der Waals surface area contributed by atoms with Crippen molar-refractivity contribution in [3.05, 3.63) is 65.5 Å². The maximum absolute atomic E-state index is 12.6. The third-order valence-electron chi connectivity index (χ3n) is 6.29. The molecular formula is C26H32N4O3. The molecule has 1 amide bonds. The van der Waals surface area contributed by atoms with Gasteiger partial charge >= 0.3 is 0 Å². The van der Waals surface area contributed by atoms with Crippen molar-refractivity contribution in [1.29, 1.82) is 0 Å². The summed E-state index contributed by atoms with van der Waals surface area (Å²) in [5.74, 6) is 2.38. The monoisotopic (exact) mass is 448 g/mol. The SMILES string of the molecule is COc1ccccc1CCCNC(=O)C1CCN(Cc2nc(-c3ccccc3C)no2)CC1. The maximum Gasteiger partial charge on any atom is 0.241 e. The molecule has 174 valence electrons. The largest absolute Gasteiger partial charge is 0.496 e. The first kappa shape index (κ1) is 23.0. The Balaban J connectivity index is 1.18. The number of para-hydroxylation sites is 1. The minimum absolute atomic E-state index is 0.0673. The van der Waals surface area contributed by atoms with Crippen LogP contribution in [0.3, 0.4) is 0 Å². The number of aryl methyl sites for hydroxylation is 2. The van der Waals surface area contributed by atoms with Crippen LogP contribution in [0.5, 0.6) is 5.75 Å². The molecule has 1 aromatic heterocycles. The zero-order chi connectivity index (χ0) is 23.0. The van der Waals surface area contributed by atoms with Gasteiger partial charge in [0.05, 0.1) is 13.7 Å². The zero-order valence-electron chi connectivity index (χ0n) is 19.4. The Bertz CT molecular complexity index is 1060. The summed E-state index contributed by atoms with van der Waals surface area (Å²) in [5, 5.41) is 7.26. The molecule has 2 aromatic carbocycles. The van der Waals surface area contributed by atoms with Gasteiger partial charge in [0.2, 0.25) is 17.6 Å². The van der Waals surface area contributed by atoms with E-state index >= 15 is 0 Å². The van der Waals surface area contributed by atoms with Gasteiger partial charge in [-0.3, -0.25) is 9.69 Å². The minimum atomic E-state index is 0.0673. The van der Waals surface area contributed by atoms with E-state index in [4.69, 9.17) is 9.26 Å². The molecule has 2 heterocycles. The Morgan fingerprint density at radius 1 is 1.15 bits per heavy atom. The number of benzene rings is 2. The van der Waals surface area contributed by atoms with E-state index in [-0.39, 0.29) is 11.8 Å². The fraction of sp³-hybridized carbons (Fsp3) is 0.423.